The van der Waals surface area contributed by atoms with Crippen LogP contribution in [0, 0.1) is 5.82 Å². The number of rotatable bonds is 5. The monoisotopic (exact) mass is 364 g/mol. The fraction of sp³-hybridized carbons (Fsp3) is 0.286. The molecule has 3 aromatic rings. The van der Waals surface area contributed by atoms with Crippen LogP contribution in [0.4, 0.5) is 10.3 Å². The van der Waals surface area contributed by atoms with Crippen LogP contribution < -0.4 is 10.5 Å². The first kappa shape index (κ1) is 17.4. The van der Waals surface area contributed by atoms with Crippen molar-refractivity contribution < 1.29 is 4.39 Å². The van der Waals surface area contributed by atoms with E-state index in [9.17, 15) is 9.18 Å². The zero-order valence-corrected chi connectivity index (χ0v) is 15.0. The maximum Gasteiger partial charge on any atom is 0.255 e. The van der Waals surface area contributed by atoms with Gasteiger partial charge in [0.05, 0.1) is 5.69 Å². The van der Waals surface area contributed by atoms with Crippen LogP contribution in [0.1, 0.15) is 18.4 Å². The highest BCUT2D eigenvalue weighted by Gasteiger charge is 2.20. The number of benzene rings is 1. The smallest absolute Gasteiger partial charge is 0.255 e. The molecule has 0 N–H and O–H groups in total. The van der Waals surface area contributed by atoms with Crippen molar-refractivity contribution in [1.82, 2.24) is 14.5 Å². The summed E-state index contributed by atoms with van der Waals surface area (Å²) in [6.45, 7) is 2.34. The topological polar surface area (TPSA) is 51.0 Å². The van der Waals surface area contributed by atoms with Crippen LogP contribution in [-0.4, -0.2) is 27.6 Å². The summed E-state index contributed by atoms with van der Waals surface area (Å²) in [5.41, 5.74) is 2.52. The number of anilines is 1. The highest BCUT2D eigenvalue weighted by molar-refractivity contribution is 5.59. The average molecular weight is 364 g/mol. The van der Waals surface area contributed by atoms with Crippen LogP contribution in [0.25, 0.3) is 11.3 Å². The van der Waals surface area contributed by atoms with Gasteiger partial charge in [0, 0.05) is 43.7 Å². The van der Waals surface area contributed by atoms with Gasteiger partial charge in [-0.3, -0.25) is 14.3 Å². The third kappa shape index (κ3) is 3.89. The summed E-state index contributed by atoms with van der Waals surface area (Å²) in [6, 6.07) is 12.0. The van der Waals surface area contributed by atoms with Gasteiger partial charge >= 0.3 is 0 Å². The Morgan fingerprint density at radius 3 is 2.74 bits per heavy atom. The maximum absolute atomic E-state index is 13.3. The van der Waals surface area contributed by atoms with Crippen molar-refractivity contribution in [1.29, 1.82) is 0 Å². The molecule has 0 fully saturated rings. The molecule has 0 radical (unpaired) electrons. The molecule has 0 atom stereocenters. The number of aryl methyl sites for hydroxylation is 1. The lowest BCUT2D eigenvalue weighted by Gasteiger charge is -2.31. The second-order valence-corrected chi connectivity index (χ2v) is 6.74. The van der Waals surface area contributed by atoms with Gasteiger partial charge in [-0.2, -0.15) is 0 Å². The molecule has 1 aliphatic rings. The number of aromatic nitrogens is 3. The van der Waals surface area contributed by atoms with Crippen LogP contribution >= 0.6 is 0 Å². The van der Waals surface area contributed by atoms with E-state index in [0.717, 1.165) is 49.4 Å². The standard InChI is InChI=1S/C21H21FN4O/c22-18-6-1-4-16(14-18)5-2-11-25-12-3-13-26-20(27)15-19(24-21(25)26)17-7-9-23-10-8-17/h1,4,6-10,14-15H,2-3,5,11-13H2. The van der Waals surface area contributed by atoms with E-state index in [2.05, 4.69) is 9.88 Å². The van der Waals surface area contributed by atoms with Crippen molar-refractivity contribution in [2.24, 2.45) is 0 Å². The molecule has 0 saturated carbocycles. The van der Waals surface area contributed by atoms with E-state index in [1.165, 1.54) is 6.07 Å². The molecule has 0 saturated heterocycles. The highest BCUT2D eigenvalue weighted by Crippen LogP contribution is 2.22. The summed E-state index contributed by atoms with van der Waals surface area (Å²) in [4.78, 5) is 23.5. The summed E-state index contributed by atoms with van der Waals surface area (Å²) in [5.74, 6) is 0.519. The van der Waals surface area contributed by atoms with Crippen LogP contribution in [0.5, 0.6) is 0 Å². The number of fused-ring (bicyclic) bond motifs is 1. The minimum Gasteiger partial charge on any atom is -0.342 e. The van der Waals surface area contributed by atoms with Gasteiger partial charge in [0.15, 0.2) is 0 Å². The van der Waals surface area contributed by atoms with E-state index < -0.39 is 0 Å². The summed E-state index contributed by atoms with van der Waals surface area (Å²) in [5, 5.41) is 0. The van der Waals surface area contributed by atoms with Gasteiger partial charge in [0.2, 0.25) is 5.95 Å². The molecule has 1 aromatic carbocycles. The largest absolute Gasteiger partial charge is 0.342 e. The fourth-order valence-electron chi connectivity index (χ4n) is 3.51. The molecule has 4 rings (SSSR count). The molecule has 27 heavy (non-hydrogen) atoms. The van der Waals surface area contributed by atoms with Gasteiger partial charge in [-0.05, 0) is 49.1 Å². The Hall–Kier alpha value is -3.02. The normalized spacial score (nSPS) is 13.4. The number of nitrogens with zero attached hydrogens (tertiary/aromatic N) is 4. The second-order valence-electron chi connectivity index (χ2n) is 6.74. The Morgan fingerprint density at radius 1 is 1.07 bits per heavy atom. The van der Waals surface area contributed by atoms with Crippen molar-refractivity contribution in [3.63, 3.8) is 0 Å². The maximum atomic E-state index is 13.3. The minimum atomic E-state index is -0.203. The Morgan fingerprint density at radius 2 is 1.93 bits per heavy atom. The molecule has 0 aliphatic carbocycles. The lowest BCUT2D eigenvalue weighted by Crippen LogP contribution is -2.39. The predicted octanol–water partition coefficient (Wildman–Crippen LogP) is 3.29. The molecule has 0 amide bonds. The van der Waals surface area contributed by atoms with Gasteiger partial charge < -0.3 is 4.90 Å². The van der Waals surface area contributed by atoms with E-state index in [4.69, 9.17) is 4.98 Å². The molecule has 138 valence electrons. The molecule has 1 aliphatic heterocycles. The molecular formula is C21H21FN4O. The number of hydrogen-bond donors (Lipinski definition) is 0. The molecule has 2 aromatic heterocycles. The summed E-state index contributed by atoms with van der Waals surface area (Å²) >= 11 is 0. The van der Waals surface area contributed by atoms with Crippen LogP contribution in [-0.2, 0) is 13.0 Å². The van der Waals surface area contributed by atoms with E-state index in [-0.39, 0.29) is 11.4 Å². The lowest BCUT2D eigenvalue weighted by atomic mass is 10.1. The highest BCUT2D eigenvalue weighted by atomic mass is 19.1. The van der Waals surface area contributed by atoms with Crippen LogP contribution in [0.3, 0.4) is 0 Å². The van der Waals surface area contributed by atoms with Crippen molar-refractivity contribution in [3.05, 3.63) is 76.6 Å². The van der Waals surface area contributed by atoms with E-state index in [1.54, 1.807) is 35.2 Å². The first-order chi connectivity index (χ1) is 13.2. The minimum absolute atomic E-state index is 0.0263. The van der Waals surface area contributed by atoms with Gasteiger partial charge in [-0.1, -0.05) is 12.1 Å². The zero-order chi connectivity index (χ0) is 18.6. The number of hydrogen-bond acceptors (Lipinski definition) is 4. The summed E-state index contributed by atoms with van der Waals surface area (Å²) < 4.78 is 15.1. The quantitative estimate of drug-likeness (QED) is 0.697. The predicted molar refractivity (Wildman–Crippen MR) is 103 cm³/mol. The Balaban J connectivity index is 1.55. The van der Waals surface area contributed by atoms with Gasteiger partial charge in [0.25, 0.3) is 5.56 Å². The van der Waals surface area contributed by atoms with Crippen molar-refractivity contribution in [3.8, 4) is 11.3 Å². The van der Waals surface area contributed by atoms with Crippen LogP contribution in [0.15, 0.2) is 59.7 Å². The van der Waals surface area contributed by atoms with Crippen molar-refractivity contribution in [2.45, 2.75) is 25.8 Å². The lowest BCUT2D eigenvalue weighted by molar-refractivity contribution is 0.526. The molecule has 0 bridgehead atoms. The summed E-state index contributed by atoms with van der Waals surface area (Å²) in [7, 11) is 0. The average Bonchev–Trinajstić information content (AvgIpc) is 2.69. The number of pyridine rings is 1. The SMILES string of the molecule is O=c1cc(-c2ccncc2)nc2n1CCCN2CCCc1cccc(F)c1. The molecule has 0 unspecified atom stereocenters. The molecule has 6 heteroatoms. The molecule has 5 nitrogen and oxygen atoms in total. The molecular weight excluding hydrogens is 343 g/mol. The van der Waals surface area contributed by atoms with Gasteiger partial charge in [-0.25, -0.2) is 9.37 Å². The first-order valence-electron chi connectivity index (χ1n) is 9.22. The molecule has 3 heterocycles. The fourth-order valence-corrected chi connectivity index (χ4v) is 3.51. The van der Waals surface area contributed by atoms with Gasteiger partial charge in [-0.15, -0.1) is 0 Å². The zero-order valence-electron chi connectivity index (χ0n) is 15.0. The Kier molecular flexibility index (Phi) is 4.96. The third-order valence-electron chi connectivity index (χ3n) is 4.84. The first-order valence-corrected chi connectivity index (χ1v) is 9.22. The van der Waals surface area contributed by atoms with E-state index >= 15 is 0 Å². The summed E-state index contributed by atoms with van der Waals surface area (Å²) in [6.07, 6.45) is 5.99. The Labute approximate surface area is 157 Å². The second kappa shape index (κ2) is 7.70. The van der Waals surface area contributed by atoms with Crippen LogP contribution in [0.2, 0.25) is 0 Å². The van der Waals surface area contributed by atoms with Gasteiger partial charge in [0.1, 0.15) is 5.82 Å². The van der Waals surface area contributed by atoms with Crippen molar-refractivity contribution in [2.75, 3.05) is 18.0 Å². The molecule has 0 spiro atoms. The van der Waals surface area contributed by atoms with E-state index in [0.29, 0.717) is 12.2 Å². The van der Waals surface area contributed by atoms with Crippen molar-refractivity contribution >= 4 is 5.95 Å². The van der Waals surface area contributed by atoms with E-state index in [1.807, 2.05) is 18.2 Å². The Bertz CT molecular complexity index is 987. The number of halogens is 1. The third-order valence-corrected chi connectivity index (χ3v) is 4.84.